The van der Waals surface area contributed by atoms with Crippen molar-refractivity contribution in [2.45, 2.75) is 17.5 Å². The Morgan fingerprint density at radius 1 is 0.906 bits per heavy atom. The molecule has 168 valence electrons. The fraction of sp³-hybridized carbons (Fsp3) is 0.208. The number of carbonyl (C=O) groups is 1. The van der Waals surface area contributed by atoms with Crippen LogP contribution in [0.4, 0.5) is 4.39 Å². The number of hydrogen-bond acceptors (Lipinski definition) is 4. The van der Waals surface area contributed by atoms with Gasteiger partial charge in [-0.15, -0.1) is 0 Å². The highest BCUT2D eigenvalue weighted by Gasteiger charge is 2.21. The number of nitrogens with zero attached hydrogens (tertiary/aromatic N) is 1. The van der Waals surface area contributed by atoms with Crippen LogP contribution in [0, 0.1) is 5.82 Å². The number of carbonyl (C=O) groups excluding carboxylic acids is 1. The highest BCUT2D eigenvalue weighted by atomic mass is 32.2. The largest absolute Gasteiger partial charge is 0.351 e. The molecule has 1 atom stereocenters. The summed E-state index contributed by atoms with van der Waals surface area (Å²) in [5.74, 6) is -0.616. The molecule has 3 aromatic carbocycles. The van der Waals surface area contributed by atoms with Gasteiger partial charge in [0.05, 0.1) is 17.5 Å². The highest BCUT2D eigenvalue weighted by molar-refractivity contribution is 7.89. The van der Waals surface area contributed by atoms with Crippen LogP contribution in [0.15, 0.2) is 83.8 Å². The first kappa shape index (κ1) is 23.6. The molecule has 1 unspecified atom stereocenters. The summed E-state index contributed by atoms with van der Waals surface area (Å²) in [5, 5.41) is 5.98. The van der Waals surface area contributed by atoms with Gasteiger partial charge in [0.1, 0.15) is 5.82 Å². The zero-order valence-electron chi connectivity index (χ0n) is 18.0. The van der Waals surface area contributed by atoms with Crippen LogP contribution in [0.3, 0.4) is 0 Å². The van der Waals surface area contributed by atoms with E-state index in [0.29, 0.717) is 5.56 Å². The van der Waals surface area contributed by atoms with Gasteiger partial charge < -0.3 is 5.32 Å². The Balaban J connectivity index is 1.69. The van der Waals surface area contributed by atoms with Crippen molar-refractivity contribution in [1.82, 2.24) is 14.9 Å². The van der Waals surface area contributed by atoms with Gasteiger partial charge in [-0.25, -0.2) is 17.1 Å². The van der Waals surface area contributed by atoms with E-state index in [0.717, 1.165) is 15.4 Å². The third-order valence-electron chi connectivity index (χ3n) is 5.01. The number of hydrogen-bond donors (Lipinski definition) is 2. The van der Waals surface area contributed by atoms with Crippen molar-refractivity contribution in [2.75, 3.05) is 20.6 Å². The van der Waals surface area contributed by atoms with E-state index in [1.165, 1.54) is 32.3 Å². The molecule has 0 fully saturated rings. The second-order valence-corrected chi connectivity index (χ2v) is 9.57. The van der Waals surface area contributed by atoms with E-state index in [2.05, 4.69) is 10.6 Å². The van der Waals surface area contributed by atoms with Crippen molar-refractivity contribution in [3.05, 3.63) is 101 Å². The fourth-order valence-electron chi connectivity index (χ4n) is 3.28. The molecule has 0 aliphatic carbocycles. The Hall–Kier alpha value is -3.07. The fourth-order valence-corrected chi connectivity index (χ4v) is 4.39. The summed E-state index contributed by atoms with van der Waals surface area (Å²) in [7, 11) is -0.689. The number of nitrogens with one attached hydrogen (secondary N) is 2. The van der Waals surface area contributed by atoms with Crippen molar-refractivity contribution in [3.63, 3.8) is 0 Å². The van der Waals surface area contributed by atoms with Gasteiger partial charge in [0.2, 0.25) is 15.9 Å². The molecule has 3 aromatic rings. The molecule has 0 aliphatic rings. The van der Waals surface area contributed by atoms with E-state index in [9.17, 15) is 17.6 Å². The summed E-state index contributed by atoms with van der Waals surface area (Å²) >= 11 is 0. The molecular weight excluding hydrogens is 429 g/mol. The predicted molar refractivity (Wildman–Crippen MR) is 122 cm³/mol. The lowest BCUT2D eigenvalue weighted by molar-refractivity contribution is -0.120. The molecule has 3 rings (SSSR count). The van der Waals surface area contributed by atoms with E-state index >= 15 is 0 Å². The van der Waals surface area contributed by atoms with E-state index in [-0.39, 0.29) is 35.8 Å². The standard InChI is InChI=1S/C24H26FN3O3S/c1-28(2)32(30,31)22-11-7-6-10-20(22)16-26-23(29)17-27-24(18-8-4-3-5-9-18)19-12-14-21(25)15-13-19/h3-15,24,27H,16-17H2,1-2H3,(H,26,29). The van der Waals surface area contributed by atoms with Gasteiger partial charge in [-0.05, 0) is 34.9 Å². The van der Waals surface area contributed by atoms with E-state index in [1.54, 1.807) is 30.3 Å². The van der Waals surface area contributed by atoms with Gasteiger partial charge in [-0.2, -0.15) is 0 Å². The van der Waals surface area contributed by atoms with Gasteiger partial charge in [-0.3, -0.25) is 10.1 Å². The lowest BCUT2D eigenvalue weighted by atomic mass is 9.98. The minimum atomic E-state index is -3.62. The van der Waals surface area contributed by atoms with Gasteiger partial charge in [0.15, 0.2) is 0 Å². The van der Waals surface area contributed by atoms with Crippen molar-refractivity contribution >= 4 is 15.9 Å². The summed E-state index contributed by atoms with van der Waals surface area (Å²) in [6, 6.07) is 22.0. The lowest BCUT2D eigenvalue weighted by Crippen LogP contribution is -2.36. The molecule has 0 saturated heterocycles. The molecule has 1 amide bonds. The first-order valence-corrected chi connectivity index (χ1v) is 11.5. The van der Waals surface area contributed by atoms with E-state index < -0.39 is 10.0 Å². The smallest absolute Gasteiger partial charge is 0.242 e. The monoisotopic (exact) mass is 455 g/mol. The molecule has 0 aromatic heterocycles. The van der Waals surface area contributed by atoms with Gasteiger partial charge in [0, 0.05) is 20.6 Å². The number of halogens is 1. The summed E-state index contributed by atoms with van der Waals surface area (Å²) < 4.78 is 39.6. The minimum Gasteiger partial charge on any atom is -0.351 e. The molecule has 0 heterocycles. The van der Waals surface area contributed by atoms with Crippen molar-refractivity contribution in [2.24, 2.45) is 0 Å². The molecule has 0 radical (unpaired) electrons. The SMILES string of the molecule is CN(C)S(=O)(=O)c1ccccc1CNC(=O)CNC(c1ccccc1)c1ccc(F)cc1. The first-order chi connectivity index (χ1) is 15.3. The van der Waals surface area contributed by atoms with E-state index in [1.807, 2.05) is 30.3 Å². The summed E-state index contributed by atoms with van der Waals surface area (Å²) in [6.07, 6.45) is 0. The summed E-state index contributed by atoms with van der Waals surface area (Å²) in [4.78, 5) is 12.7. The second-order valence-electron chi connectivity index (χ2n) is 7.45. The predicted octanol–water partition coefficient (Wildman–Crippen LogP) is 3.07. The van der Waals surface area contributed by atoms with Crippen LogP contribution in [0.2, 0.25) is 0 Å². The second kappa shape index (κ2) is 10.5. The molecule has 0 spiro atoms. The van der Waals surface area contributed by atoms with Crippen LogP contribution in [0.25, 0.3) is 0 Å². The number of amides is 1. The lowest BCUT2D eigenvalue weighted by Gasteiger charge is -2.20. The third-order valence-corrected chi connectivity index (χ3v) is 6.93. The van der Waals surface area contributed by atoms with Crippen molar-refractivity contribution < 1.29 is 17.6 Å². The van der Waals surface area contributed by atoms with Gasteiger partial charge >= 0.3 is 0 Å². The quantitative estimate of drug-likeness (QED) is 0.520. The van der Waals surface area contributed by atoms with Crippen molar-refractivity contribution in [3.8, 4) is 0 Å². The Labute approximate surface area is 188 Å². The summed E-state index contributed by atoms with van der Waals surface area (Å²) in [5.41, 5.74) is 2.27. The highest BCUT2D eigenvalue weighted by Crippen LogP contribution is 2.22. The number of benzene rings is 3. The normalized spacial score (nSPS) is 12.5. The van der Waals surface area contributed by atoms with Crippen LogP contribution in [0.5, 0.6) is 0 Å². The van der Waals surface area contributed by atoms with Crippen LogP contribution in [-0.4, -0.2) is 39.3 Å². The molecule has 0 aliphatic heterocycles. The molecule has 0 bridgehead atoms. The molecule has 6 nitrogen and oxygen atoms in total. The Kier molecular flexibility index (Phi) is 7.74. The Bertz CT molecular complexity index is 1150. The van der Waals surface area contributed by atoms with Crippen LogP contribution in [-0.2, 0) is 21.4 Å². The van der Waals surface area contributed by atoms with Crippen molar-refractivity contribution in [1.29, 1.82) is 0 Å². The maximum atomic E-state index is 13.4. The zero-order chi connectivity index (χ0) is 23.1. The molecule has 2 N–H and O–H groups in total. The maximum absolute atomic E-state index is 13.4. The molecule has 32 heavy (non-hydrogen) atoms. The maximum Gasteiger partial charge on any atom is 0.242 e. The topological polar surface area (TPSA) is 78.5 Å². The zero-order valence-corrected chi connectivity index (χ0v) is 18.8. The van der Waals surface area contributed by atoms with Gasteiger partial charge in [0.25, 0.3) is 0 Å². The van der Waals surface area contributed by atoms with Gasteiger partial charge in [-0.1, -0.05) is 60.7 Å². The third kappa shape index (κ3) is 5.79. The molecule has 8 heteroatoms. The number of rotatable bonds is 9. The summed E-state index contributed by atoms with van der Waals surface area (Å²) in [6.45, 7) is 0.0792. The van der Waals surface area contributed by atoms with Crippen LogP contribution >= 0.6 is 0 Å². The first-order valence-electron chi connectivity index (χ1n) is 10.1. The average molecular weight is 456 g/mol. The number of sulfonamides is 1. The molecule has 0 saturated carbocycles. The average Bonchev–Trinajstić information content (AvgIpc) is 2.79. The molecular formula is C24H26FN3O3S. The minimum absolute atomic E-state index is 0.000461. The van der Waals surface area contributed by atoms with E-state index in [4.69, 9.17) is 0 Å². The van der Waals surface area contributed by atoms with Crippen LogP contribution < -0.4 is 10.6 Å². The Morgan fingerprint density at radius 2 is 1.50 bits per heavy atom. The Morgan fingerprint density at radius 3 is 2.16 bits per heavy atom. The van der Waals surface area contributed by atoms with Crippen LogP contribution in [0.1, 0.15) is 22.7 Å².